The fraction of sp³-hybridized carbons (Fsp3) is 1.00. The number of hydrogen-bond donors (Lipinski definition) is 2. The van der Waals surface area contributed by atoms with Gasteiger partial charge in [0.2, 0.25) is 0 Å². The minimum atomic E-state index is -0.447. The van der Waals surface area contributed by atoms with Crippen molar-refractivity contribution in [2.75, 3.05) is 26.7 Å². The van der Waals surface area contributed by atoms with Crippen LogP contribution in [0.1, 0.15) is 52.4 Å². The molecule has 0 radical (unpaired) electrons. The molecule has 1 heterocycles. The third kappa shape index (κ3) is 4.44. The van der Waals surface area contributed by atoms with Gasteiger partial charge in [-0.15, -0.1) is 0 Å². The van der Waals surface area contributed by atoms with Crippen LogP contribution in [0.4, 0.5) is 0 Å². The van der Waals surface area contributed by atoms with E-state index in [1.54, 1.807) is 0 Å². The van der Waals surface area contributed by atoms with Gasteiger partial charge in [-0.1, -0.05) is 19.8 Å². The zero-order valence-electron chi connectivity index (χ0n) is 13.0. The van der Waals surface area contributed by atoms with E-state index in [2.05, 4.69) is 31.1 Å². The molecule has 1 saturated heterocycles. The van der Waals surface area contributed by atoms with E-state index >= 15 is 0 Å². The first kappa shape index (κ1) is 15.3. The summed E-state index contributed by atoms with van der Waals surface area (Å²) >= 11 is 0. The van der Waals surface area contributed by atoms with Crippen molar-refractivity contribution in [3.05, 3.63) is 0 Å². The van der Waals surface area contributed by atoms with Crippen LogP contribution >= 0.6 is 0 Å². The van der Waals surface area contributed by atoms with Gasteiger partial charge in [0.05, 0.1) is 5.60 Å². The van der Waals surface area contributed by atoms with Gasteiger partial charge >= 0.3 is 0 Å². The van der Waals surface area contributed by atoms with Crippen LogP contribution in [0, 0.1) is 11.8 Å². The number of piperidine rings is 1. The molecule has 2 fully saturated rings. The quantitative estimate of drug-likeness (QED) is 0.821. The highest BCUT2D eigenvalue weighted by Gasteiger charge is 2.33. The van der Waals surface area contributed by atoms with Crippen molar-refractivity contribution in [1.82, 2.24) is 10.2 Å². The van der Waals surface area contributed by atoms with E-state index < -0.39 is 5.60 Å². The molecule has 1 saturated carbocycles. The summed E-state index contributed by atoms with van der Waals surface area (Å²) in [6, 6.07) is 0.537. The van der Waals surface area contributed by atoms with E-state index in [1.165, 1.54) is 38.8 Å². The second-order valence-electron chi connectivity index (χ2n) is 7.24. The fourth-order valence-corrected chi connectivity index (χ4v) is 3.84. The van der Waals surface area contributed by atoms with Crippen molar-refractivity contribution < 1.29 is 5.11 Å². The van der Waals surface area contributed by atoms with Gasteiger partial charge < -0.3 is 15.3 Å². The number of hydrogen-bond acceptors (Lipinski definition) is 3. The summed E-state index contributed by atoms with van der Waals surface area (Å²) in [5, 5.41) is 14.3. The average Bonchev–Trinajstić information content (AvgIpc) is 2.37. The molecule has 3 atom stereocenters. The van der Waals surface area contributed by atoms with Crippen molar-refractivity contribution in [3.8, 4) is 0 Å². The summed E-state index contributed by atoms with van der Waals surface area (Å²) in [5.74, 6) is 1.46. The fourth-order valence-electron chi connectivity index (χ4n) is 3.84. The molecule has 112 valence electrons. The van der Waals surface area contributed by atoms with Crippen molar-refractivity contribution in [1.29, 1.82) is 0 Å². The third-order valence-electron chi connectivity index (χ3n) is 5.29. The van der Waals surface area contributed by atoms with Crippen LogP contribution in [0.3, 0.4) is 0 Å². The highest BCUT2D eigenvalue weighted by Crippen LogP contribution is 2.32. The maximum Gasteiger partial charge on any atom is 0.0774 e. The first-order valence-electron chi connectivity index (χ1n) is 8.13. The molecule has 0 spiro atoms. The molecule has 0 aromatic carbocycles. The standard InChI is InChI=1S/C16H32N2O/c1-13-5-4-8-16(19,11-13)12-17-14(2)15-6-9-18(3)10-7-15/h13-15,17,19H,4-12H2,1-3H3. The Morgan fingerprint density at radius 3 is 2.63 bits per heavy atom. The van der Waals surface area contributed by atoms with Crippen LogP contribution in [0.25, 0.3) is 0 Å². The number of nitrogens with one attached hydrogen (secondary N) is 1. The Bertz CT molecular complexity index is 276. The molecule has 1 aliphatic heterocycles. The minimum Gasteiger partial charge on any atom is -0.389 e. The zero-order valence-corrected chi connectivity index (χ0v) is 13.0. The Morgan fingerprint density at radius 1 is 1.32 bits per heavy atom. The van der Waals surface area contributed by atoms with E-state index in [0.717, 1.165) is 25.3 Å². The van der Waals surface area contributed by atoms with E-state index in [1.807, 2.05) is 0 Å². The lowest BCUT2D eigenvalue weighted by molar-refractivity contribution is -0.0154. The number of likely N-dealkylation sites (tertiary alicyclic amines) is 1. The van der Waals surface area contributed by atoms with Gasteiger partial charge in [0, 0.05) is 12.6 Å². The Kier molecular flexibility index (Phi) is 5.27. The Morgan fingerprint density at radius 2 is 2.00 bits per heavy atom. The maximum atomic E-state index is 10.7. The van der Waals surface area contributed by atoms with Crippen LogP contribution in [0.5, 0.6) is 0 Å². The van der Waals surface area contributed by atoms with E-state index in [0.29, 0.717) is 12.0 Å². The van der Waals surface area contributed by atoms with Crippen LogP contribution in [-0.4, -0.2) is 48.3 Å². The summed E-state index contributed by atoms with van der Waals surface area (Å²) < 4.78 is 0. The van der Waals surface area contributed by atoms with Crippen LogP contribution in [0.2, 0.25) is 0 Å². The van der Waals surface area contributed by atoms with E-state index in [-0.39, 0.29) is 0 Å². The predicted molar refractivity (Wildman–Crippen MR) is 80.3 cm³/mol. The second kappa shape index (κ2) is 6.55. The lowest BCUT2D eigenvalue weighted by Crippen LogP contribution is -2.49. The Labute approximate surface area is 118 Å². The highest BCUT2D eigenvalue weighted by atomic mass is 16.3. The van der Waals surface area contributed by atoms with Crippen LogP contribution in [-0.2, 0) is 0 Å². The molecule has 3 heteroatoms. The first-order chi connectivity index (χ1) is 8.98. The molecule has 19 heavy (non-hydrogen) atoms. The van der Waals surface area contributed by atoms with Crippen LogP contribution < -0.4 is 5.32 Å². The normalized spacial score (nSPS) is 36.3. The molecule has 0 aromatic rings. The summed E-state index contributed by atoms with van der Waals surface area (Å²) in [6.45, 7) is 7.79. The summed E-state index contributed by atoms with van der Waals surface area (Å²) in [7, 11) is 2.21. The van der Waals surface area contributed by atoms with Gasteiger partial charge in [-0.2, -0.15) is 0 Å². The van der Waals surface area contributed by atoms with Crippen molar-refractivity contribution in [2.45, 2.75) is 64.0 Å². The molecular formula is C16H32N2O. The monoisotopic (exact) mass is 268 g/mol. The van der Waals surface area contributed by atoms with Crippen molar-refractivity contribution in [3.63, 3.8) is 0 Å². The van der Waals surface area contributed by atoms with Crippen molar-refractivity contribution >= 4 is 0 Å². The van der Waals surface area contributed by atoms with Crippen molar-refractivity contribution in [2.24, 2.45) is 11.8 Å². The number of aliphatic hydroxyl groups is 1. The van der Waals surface area contributed by atoms with Gasteiger partial charge in [-0.3, -0.25) is 0 Å². The van der Waals surface area contributed by atoms with Crippen LogP contribution in [0.15, 0.2) is 0 Å². The highest BCUT2D eigenvalue weighted by molar-refractivity contribution is 4.89. The average molecular weight is 268 g/mol. The SMILES string of the molecule is CC1CCCC(O)(CNC(C)C2CCN(C)CC2)C1. The molecule has 0 aromatic heterocycles. The predicted octanol–water partition coefficient (Wildman–Crippen LogP) is 2.25. The molecule has 2 N–H and O–H groups in total. The summed E-state index contributed by atoms with van der Waals surface area (Å²) in [5.41, 5.74) is -0.447. The van der Waals surface area contributed by atoms with Gasteiger partial charge in [0.1, 0.15) is 0 Å². The summed E-state index contributed by atoms with van der Waals surface area (Å²) in [6.07, 6.45) is 7.00. The smallest absolute Gasteiger partial charge is 0.0774 e. The van der Waals surface area contributed by atoms with Gasteiger partial charge in [0.25, 0.3) is 0 Å². The molecule has 1 aliphatic carbocycles. The van der Waals surface area contributed by atoms with E-state index in [9.17, 15) is 5.11 Å². The molecule has 3 nitrogen and oxygen atoms in total. The van der Waals surface area contributed by atoms with Gasteiger partial charge in [-0.25, -0.2) is 0 Å². The molecule has 0 bridgehead atoms. The Hall–Kier alpha value is -0.120. The zero-order chi connectivity index (χ0) is 13.9. The number of rotatable bonds is 4. The van der Waals surface area contributed by atoms with E-state index in [4.69, 9.17) is 0 Å². The summed E-state index contributed by atoms with van der Waals surface area (Å²) in [4.78, 5) is 2.42. The second-order valence-corrected chi connectivity index (χ2v) is 7.24. The van der Waals surface area contributed by atoms with Gasteiger partial charge in [0.15, 0.2) is 0 Å². The number of nitrogens with zero attached hydrogens (tertiary/aromatic N) is 1. The maximum absolute atomic E-state index is 10.7. The third-order valence-corrected chi connectivity index (χ3v) is 5.29. The molecular weight excluding hydrogens is 236 g/mol. The molecule has 0 amide bonds. The lowest BCUT2D eigenvalue weighted by Gasteiger charge is -2.38. The lowest BCUT2D eigenvalue weighted by atomic mass is 9.78. The molecule has 2 aliphatic rings. The minimum absolute atomic E-state index is 0.447. The first-order valence-corrected chi connectivity index (χ1v) is 8.13. The largest absolute Gasteiger partial charge is 0.389 e. The van der Waals surface area contributed by atoms with Gasteiger partial charge in [-0.05, 0) is 64.6 Å². The molecule has 3 unspecified atom stereocenters. The molecule has 2 rings (SSSR count). The Balaban J connectivity index is 1.75. The topological polar surface area (TPSA) is 35.5 Å².